The Labute approximate surface area is 201 Å². The number of amides is 2. The number of benzene rings is 2. The number of carbonyl (C=O) groups excluding carboxylic acids is 2. The first-order valence-corrected chi connectivity index (χ1v) is 11.6. The van der Waals surface area contributed by atoms with E-state index < -0.39 is 29.7 Å². The maximum Gasteiger partial charge on any atom is 0.391 e. The predicted octanol–water partition coefficient (Wildman–Crippen LogP) is 4.49. The summed E-state index contributed by atoms with van der Waals surface area (Å²) in [6.07, 6.45) is -3.93. The number of nitrogens with one attached hydrogen (secondary N) is 1. The van der Waals surface area contributed by atoms with Crippen molar-refractivity contribution in [2.24, 2.45) is 17.6 Å². The van der Waals surface area contributed by atoms with Crippen LogP contribution in [0.3, 0.4) is 0 Å². The fourth-order valence-corrected chi connectivity index (χ4v) is 4.69. The van der Waals surface area contributed by atoms with Crippen molar-refractivity contribution >= 4 is 28.9 Å². The topological polar surface area (TPSA) is 78.7 Å². The number of piperidine rings is 1. The number of aryl methyl sites for hydroxylation is 1. The molecule has 1 atom stereocenters. The number of nitrogens with two attached hydrogens (primary N) is 1. The summed E-state index contributed by atoms with van der Waals surface area (Å²) in [5.41, 5.74) is 8.54. The van der Waals surface area contributed by atoms with Crippen LogP contribution in [0.25, 0.3) is 0 Å². The lowest BCUT2D eigenvalue weighted by Gasteiger charge is -2.34. The van der Waals surface area contributed by atoms with Gasteiger partial charge in [-0.25, -0.2) is 4.39 Å². The molecule has 2 heterocycles. The van der Waals surface area contributed by atoms with Crippen molar-refractivity contribution < 1.29 is 27.2 Å². The number of nitrogens with zero attached hydrogens (tertiary/aromatic N) is 2. The predicted molar refractivity (Wildman–Crippen MR) is 125 cm³/mol. The summed E-state index contributed by atoms with van der Waals surface area (Å²) in [4.78, 5) is 26.9. The number of carbonyl (C=O) groups is 2. The first-order valence-electron chi connectivity index (χ1n) is 11.6. The Hall–Kier alpha value is -3.30. The van der Waals surface area contributed by atoms with Gasteiger partial charge in [0.15, 0.2) is 0 Å². The van der Waals surface area contributed by atoms with E-state index >= 15 is 0 Å². The van der Waals surface area contributed by atoms with E-state index in [9.17, 15) is 27.2 Å². The summed E-state index contributed by atoms with van der Waals surface area (Å²) in [7, 11) is 0. The molecule has 3 N–H and O–H groups in total. The van der Waals surface area contributed by atoms with Crippen molar-refractivity contribution in [3.05, 3.63) is 53.3 Å². The van der Waals surface area contributed by atoms with Gasteiger partial charge < -0.3 is 20.9 Å². The van der Waals surface area contributed by atoms with Crippen molar-refractivity contribution in [2.45, 2.75) is 38.9 Å². The lowest BCUT2D eigenvalue weighted by molar-refractivity contribution is -0.179. The van der Waals surface area contributed by atoms with E-state index in [0.717, 1.165) is 11.3 Å². The van der Waals surface area contributed by atoms with Gasteiger partial charge in [-0.2, -0.15) is 13.2 Å². The van der Waals surface area contributed by atoms with Crippen molar-refractivity contribution in [1.82, 2.24) is 4.90 Å². The Bertz CT molecular complexity index is 1100. The second-order valence-corrected chi connectivity index (χ2v) is 9.31. The van der Waals surface area contributed by atoms with Crippen molar-refractivity contribution in [3.63, 3.8) is 0 Å². The minimum Gasteiger partial charge on any atom is -0.372 e. The molecule has 2 aromatic rings. The largest absolute Gasteiger partial charge is 0.391 e. The van der Waals surface area contributed by atoms with E-state index in [-0.39, 0.29) is 38.3 Å². The Balaban J connectivity index is 1.39. The van der Waals surface area contributed by atoms with E-state index in [0.29, 0.717) is 30.0 Å². The van der Waals surface area contributed by atoms with E-state index in [2.05, 4.69) is 5.32 Å². The third kappa shape index (κ3) is 5.68. The van der Waals surface area contributed by atoms with Gasteiger partial charge in [0, 0.05) is 55.2 Å². The SMILES string of the molecule is Cc1cc(CN2CC(C(N)=O)CC2=O)c(F)cc1Nc1ccc(N2CCC(C(F)(F)F)CC2)cc1. The Kier molecular flexibility index (Phi) is 6.91. The number of likely N-dealkylation sites (tertiary alicyclic amines) is 1. The summed E-state index contributed by atoms with van der Waals surface area (Å²) in [5.74, 6) is -3.03. The first kappa shape index (κ1) is 24.8. The van der Waals surface area contributed by atoms with Crippen LogP contribution in [-0.4, -0.2) is 42.5 Å². The molecule has 0 aliphatic carbocycles. The third-order valence-corrected chi connectivity index (χ3v) is 6.84. The normalized spacial score (nSPS) is 19.3. The molecule has 35 heavy (non-hydrogen) atoms. The van der Waals surface area contributed by atoms with Gasteiger partial charge in [0.25, 0.3) is 0 Å². The van der Waals surface area contributed by atoms with Crippen LogP contribution in [0, 0.1) is 24.6 Å². The van der Waals surface area contributed by atoms with Crippen molar-refractivity contribution in [1.29, 1.82) is 0 Å². The van der Waals surface area contributed by atoms with Gasteiger partial charge >= 0.3 is 6.18 Å². The van der Waals surface area contributed by atoms with Gasteiger partial charge in [0.05, 0.1) is 11.8 Å². The fraction of sp³-hybridized carbons (Fsp3) is 0.440. The number of rotatable bonds is 6. The van der Waals surface area contributed by atoms with Gasteiger partial charge in [-0.15, -0.1) is 0 Å². The van der Waals surface area contributed by atoms with Gasteiger partial charge in [-0.05, 0) is 61.7 Å². The molecular formula is C25H28F4N4O2. The lowest BCUT2D eigenvalue weighted by atomic mass is 9.96. The quantitative estimate of drug-likeness (QED) is 0.583. The minimum atomic E-state index is -4.14. The molecule has 2 saturated heterocycles. The van der Waals surface area contributed by atoms with Gasteiger partial charge in [-0.3, -0.25) is 9.59 Å². The average molecular weight is 493 g/mol. The van der Waals surface area contributed by atoms with Gasteiger partial charge in [0.1, 0.15) is 5.82 Å². The molecule has 2 aliphatic heterocycles. The molecule has 2 amide bonds. The minimum absolute atomic E-state index is 0.0475. The molecule has 0 radical (unpaired) electrons. The summed E-state index contributed by atoms with van der Waals surface area (Å²) < 4.78 is 53.5. The molecule has 2 fully saturated rings. The monoisotopic (exact) mass is 492 g/mol. The molecule has 2 aromatic carbocycles. The van der Waals surface area contributed by atoms with Gasteiger partial charge in [0.2, 0.25) is 11.8 Å². The van der Waals surface area contributed by atoms with E-state index in [1.54, 1.807) is 6.07 Å². The van der Waals surface area contributed by atoms with Crippen LogP contribution in [0.2, 0.25) is 0 Å². The molecule has 6 nitrogen and oxygen atoms in total. The van der Waals surface area contributed by atoms with E-state index in [1.807, 2.05) is 36.1 Å². The zero-order valence-electron chi connectivity index (χ0n) is 19.4. The molecule has 188 valence electrons. The van der Waals surface area contributed by atoms with Crippen LogP contribution >= 0.6 is 0 Å². The van der Waals surface area contributed by atoms with Crippen LogP contribution in [0.1, 0.15) is 30.4 Å². The second-order valence-electron chi connectivity index (χ2n) is 9.31. The molecule has 0 aromatic heterocycles. The van der Waals surface area contributed by atoms with E-state index in [4.69, 9.17) is 5.73 Å². The maximum absolute atomic E-state index is 14.8. The van der Waals surface area contributed by atoms with Crippen LogP contribution < -0.4 is 16.0 Å². The second kappa shape index (κ2) is 9.75. The average Bonchev–Trinajstić information content (AvgIpc) is 3.18. The number of hydrogen-bond acceptors (Lipinski definition) is 4. The molecule has 0 saturated carbocycles. The molecule has 0 spiro atoms. The van der Waals surface area contributed by atoms with Crippen LogP contribution in [0.4, 0.5) is 34.6 Å². The highest BCUT2D eigenvalue weighted by Crippen LogP contribution is 2.36. The van der Waals surface area contributed by atoms with Crippen LogP contribution in [-0.2, 0) is 16.1 Å². The smallest absolute Gasteiger partial charge is 0.372 e. The number of primary amides is 1. The number of anilines is 3. The number of alkyl halides is 3. The first-order chi connectivity index (χ1) is 16.5. The summed E-state index contributed by atoms with van der Waals surface area (Å²) in [6, 6.07) is 10.3. The highest BCUT2D eigenvalue weighted by Gasteiger charge is 2.41. The maximum atomic E-state index is 14.8. The third-order valence-electron chi connectivity index (χ3n) is 6.84. The summed E-state index contributed by atoms with van der Waals surface area (Å²) in [5, 5.41) is 3.17. The molecule has 0 bridgehead atoms. The molecule has 4 rings (SSSR count). The van der Waals surface area contributed by atoms with Gasteiger partial charge in [-0.1, -0.05) is 0 Å². The Morgan fingerprint density at radius 1 is 1.14 bits per heavy atom. The number of hydrogen-bond donors (Lipinski definition) is 2. The highest BCUT2D eigenvalue weighted by atomic mass is 19.4. The van der Waals surface area contributed by atoms with E-state index in [1.165, 1.54) is 11.0 Å². The van der Waals surface area contributed by atoms with Crippen molar-refractivity contribution in [2.75, 3.05) is 29.9 Å². The Morgan fingerprint density at radius 2 is 1.80 bits per heavy atom. The Morgan fingerprint density at radius 3 is 2.37 bits per heavy atom. The fourth-order valence-electron chi connectivity index (χ4n) is 4.69. The highest BCUT2D eigenvalue weighted by molar-refractivity contribution is 5.88. The van der Waals surface area contributed by atoms with Crippen LogP contribution in [0.15, 0.2) is 36.4 Å². The summed E-state index contributed by atoms with van der Waals surface area (Å²) in [6.45, 7) is 2.77. The molecule has 10 heteroatoms. The molecule has 2 aliphatic rings. The lowest BCUT2D eigenvalue weighted by Crippen LogP contribution is -2.38. The molecule has 1 unspecified atom stereocenters. The number of halogens is 4. The van der Waals surface area contributed by atoms with Crippen molar-refractivity contribution in [3.8, 4) is 0 Å². The standard InChI is InChI=1S/C25H28F4N4O2/c1-15-10-16(13-33-14-17(24(30)35)11-23(33)34)21(26)12-22(15)31-19-2-4-20(5-3-19)32-8-6-18(7-9-32)25(27,28)29/h2-5,10,12,17-18,31H,6-9,11,13-14H2,1H3,(H2,30,35). The van der Waals surface area contributed by atoms with Crippen LogP contribution in [0.5, 0.6) is 0 Å². The summed E-state index contributed by atoms with van der Waals surface area (Å²) >= 11 is 0. The zero-order chi connectivity index (χ0) is 25.3. The molecular weight excluding hydrogens is 464 g/mol. The zero-order valence-corrected chi connectivity index (χ0v) is 19.4.